The molecule has 2 rings (SSSR count). The number of nitrogens with two attached hydrogens (primary N) is 1. The van der Waals surface area contributed by atoms with Gasteiger partial charge in [0.25, 0.3) is 5.91 Å². The number of primary amides is 1. The van der Waals surface area contributed by atoms with Gasteiger partial charge in [0, 0.05) is 18.7 Å². The second-order valence-electron chi connectivity index (χ2n) is 11.8. The lowest BCUT2D eigenvalue weighted by molar-refractivity contribution is -0.141. The number of unbranched alkanes of at least 4 members (excludes halogenated alkanes) is 4. The van der Waals surface area contributed by atoms with E-state index >= 15 is 0 Å². The summed E-state index contributed by atoms with van der Waals surface area (Å²) < 4.78 is 5.41. The molecule has 42 heavy (non-hydrogen) atoms. The highest BCUT2D eigenvalue weighted by Gasteiger charge is 2.36. The summed E-state index contributed by atoms with van der Waals surface area (Å²) in [6.45, 7) is 11.4. The first-order chi connectivity index (χ1) is 19.8. The summed E-state index contributed by atoms with van der Waals surface area (Å²) >= 11 is 0. The number of hydrogen-bond donors (Lipinski definition) is 3. The summed E-state index contributed by atoms with van der Waals surface area (Å²) in [5.41, 5.74) is 7.81. The minimum Gasteiger partial charge on any atom is -0.444 e. The normalized spacial score (nSPS) is 12.6. The number of nitrogens with zero attached hydrogens (tertiary/aromatic N) is 1. The molecule has 230 valence electrons. The molecule has 0 aliphatic heterocycles. The van der Waals surface area contributed by atoms with E-state index in [1.807, 2.05) is 62.4 Å². The topological polar surface area (TPSA) is 131 Å². The fourth-order valence-electron chi connectivity index (χ4n) is 4.58. The van der Waals surface area contributed by atoms with Crippen LogP contribution in [0, 0.1) is 13.8 Å². The van der Waals surface area contributed by atoms with E-state index in [0.29, 0.717) is 17.7 Å². The van der Waals surface area contributed by atoms with Crippen LogP contribution < -0.4 is 16.4 Å². The van der Waals surface area contributed by atoms with Gasteiger partial charge in [-0.3, -0.25) is 14.4 Å². The molecule has 2 aromatic carbocycles. The molecule has 0 radical (unpaired) electrons. The summed E-state index contributed by atoms with van der Waals surface area (Å²) in [4.78, 5) is 54.3. The van der Waals surface area contributed by atoms with E-state index in [-0.39, 0.29) is 25.3 Å². The van der Waals surface area contributed by atoms with Gasteiger partial charge in [-0.1, -0.05) is 80.6 Å². The number of carbonyl (C=O) groups is 4. The van der Waals surface area contributed by atoms with Crippen LogP contribution >= 0.6 is 0 Å². The molecule has 9 heteroatoms. The van der Waals surface area contributed by atoms with Crippen LogP contribution in [0.25, 0.3) is 0 Å². The third kappa shape index (κ3) is 11.5. The lowest BCUT2D eigenvalue weighted by Gasteiger charge is -2.34. The standard InChI is InChI=1S/C33H48N4O5/c1-7-8-9-10-13-22-37(31(40)27(20-21-28(34)38)36-32(41)42-33(4,5)6)29(25-18-16-23(2)17-19-25)30(39)35-26-15-12-11-14-24(26)3/h11-12,14-19,27,29H,7-10,13,20-22H2,1-6H3,(H2,34,38)(H,35,39)(H,36,41). The third-order valence-electron chi connectivity index (χ3n) is 6.81. The zero-order valence-electron chi connectivity index (χ0n) is 26.0. The molecule has 0 aliphatic rings. The van der Waals surface area contributed by atoms with Crippen molar-refractivity contribution < 1.29 is 23.9 Å². The number of para-hydroxylation sites is 1. The maximum atomic E-state index is 14.3. The molecule has 0 fully saturated rings. The maximum absolute atomic E-state index is 14.3. The van der Waals surface area contributed by atoms with E-state index < -0.39 is 35.6 Å². The first kappa shape index (κ1) is 34.3. The maximum Gasteiger partial charge on any atom is 0.408 e. The zero-order chi connectivity index (χ0) is 31.3. The van der Waals surface area contributed by atoms with Crippen LogP contribution in [0.3, 0.4) is 0 Å². The monoisotopic (exact) mass is 580 g/mol. The molecule has 9 nitrogen and oxygen atoms in total. The van der Waals surface area contributed by atoms with Crippen molar-refractivity contribution in [3.63, 3.8) is 0 Å². The fraction of sp³-hybridized carbons (Fsp3) is 0.515. The highest BCUT2D eigenvalue weighted by Crippen LogP contribution is 2.27. The van der Waals surface area contributed by atoms with Crippen molar-refractivity contribution in [2.24, 2.45) is 5.73 Å². The van der Waals surface area contributed by atoms with Gasteiger partial charge in [-0.05, 0) is 64.7 Å². The molecule has 2 unspecified atom stereocenters. The van der Waals surface area contributed by atoms with Crippen molar-refractivity contribution in [3.8, 4) is 0 Å². The van der Waals surface area contributed by atoms with Crippen LogP contribution in [0.1, 0.15) is 95.4 Å². The Hall–Kier alpha value is -3.88. The average molecular weight is 581 g/mol. The van der Waals surface area contributed by atoms with Crippen LogP contribution in [-0.4, -0.2) is 46.9 Å². The summed E-state index contributed by atoms with van der Waals surface area (Å²) in [5, 5.41) is 5.65. The molecule has 0 aromatic heterocycles. The number of aryl methyl sites for hydroxylation is 2. The van der Waals surface area contributed by atoms with Crippen molar-refractivity contribution in [1.82, 2.24) is 10.2 Å². The number of hydrogen-bond acceptors (Lipinski definition) is 5. The van der Waals surface area contributed by atoms with Crippen molar-refractivity contribution in [3.05, 3.63) is 65.2 Å². The molecule has 0 saturated carbocycles. The van der Waals surface area contributed by atoms with Gasteiger partial charge >= 0.3 is 6.09 Å². The number of rotatable bonds is 15. The SMILES string of the molecule is CCCCCCCN(C(=O)C(CCC(N)=O)NC(=O)OC(C)(C)C)C(C(=O)Nc1ccccc1C)c1ccc(C)cc1. The molecule has 4 N–H and O–H groups in total. The second kappa shape index (κ2) is 16.5. The Bertz CT molecular complexity index is 1190. The average Bonchev–Trinajstić information content (AvgIpc) is 2.91. The summed E-state index contributed by atoms with van der Waals surface area (Å²) in [5.74, 6) is -1.46. The van der Waals surface area contributed by atoms with Crippen molar-refractivity contribution in [2.75, 3.05) is 11.9 Å². The number of amides is 4. The van der Waals surface area contributed by atoms with E-state index in [4.69, 9.17) is 10.5 Å². The van der Waals surface area contributed by atoms with Crippen LogP contribution in [0.15, 0.2) is 48.5 Å². The Morgan fingerprint density at radius 3 is 2.17 bits per heavy atom. The lowest BCUT2D eigenvalue weighted by Crippen LogP contribution is -2.52. The number of alkyl carbamates (subject to hydrolysis) is 1. The summed E-state index contributed by atoms with van der Waals surface area (Å²) in [6, 6.07) is 12.8. The van der Waals surface area contributed by atoms with E-state index in [1.54, 1.807) is 20.8 Å². The summed E-state index contributed by atoms with van der Waals surface area (Å²) in [6.07, 6.45) is 3.76. The van der Waals surface area contributed by atoms with E-state index in [9.17, 15) is 19.2 Å². The molecule has 0 heterocycles. The predicted molar refractivity (Wildman–Crippen MR) is 166 cm³/mol. The van der Waals surface area contributed by atoms with Gasteiger partial charge < -0.3 is 26.0 Å². The third-order valence-corrected chi connectivity index (χ3v) is 6.81. The Kier molecular flexibility index (Phi) is 13.5. The highest BCUT2D eigenvalue weighted by molar-refractivity contribution is 5.99. The Morgan fingerprint density at radius 1 is 0.929 bits per heavy atom. The van der Waals surface area contributed by atoms with Crippen LogP contribution in [-0.2, 0) is 19.1 Å². The smallest absolute Gasteiger partial charge is 0.408 e. The minimum atomic E-state index is -1.12. The predicted octanol–water partition coefficient (Wildman–Crippen LogP) is 5.94. The Morgan fingerprint density at radius 2 is 1.57 bits per heavy atom. The molecular weight excluding hydrogens is 532 g/mol. The number of ether oxygens (including phenoxy) is 1. The van der Waals surface area contributed by atoms with Crippen molar-refractivity contribution in [2.45, 2.75) is 104 Å². The fourth-order valence-corrected chi connectivity index (χ4v) is 4.58. The van der Waals surface area contributed by atoms with Crippen LogP contribution in [0.5, 0.6) is 0 Å². The van der Waals surface area contributed by atoms with Gasteiger partial charge in [-0.2, -0.15) is 0 Å². The van der Waals surface area contributed by atoms with Gasteiger partial charge in [-0.15, -0.1) is 0 Å². The lowest BCUT2D eigenvalue weighted by atomic mass is 9.99. The number of nitrogens with one attached hydrogen (secondary N) is 2. The highest BCUT2D eigenvalue weighted by atomic mass is 16.6. The van der Waals surface area contributed by atoms with Gasteiger partial charge in [0.15, 0.2) is 0 Å². The molecule has 2 atom stereocenters. The zero-order valence-corrected chi connectivity index (χ0v) is 26.0. The van der Waals surface area contributed by atoms with E-state index in [2.05, 4.69) is 17.6 Å². The van der Waals surface area contributed by atoms with Gasteiger partial charge in [0.05, 0.1) is 0 Å². The quantitative estimate of drug-likeness (QED) is 0.224. The molecule has 4 amide bonds. The number of carbonyl (C=O) groups excluding carboxylic acids is 4. The van der Waals surface area contributed by atoms with Crippen molar-refractivity contribution in [1.29, 1.82) is 0 Å². The first-order valence-electron chi connectivity index (χ1n) is 14.8. The number of benzene rings is 2. The molecule has 2 aromatic rings. The minimum absolute atomic E-state index is 0.0280. The molecule has 0 bridgehead atoms. The molecular formula is C33H48N4O5. The van der Waals surface area contributed by atoms with Gasteiger partial charge in [0.2, 0.25) is 11.8 Å². The summed E-state index contributed by atoms with van der Waals surface area (Å²) in [7, 11) is 0. The molecule has 0 spiro atoms. The van der Waals surface area contributed by atoms with Gasteiger partial charge in [-0.25, -0.2) is 4.79 Å². The Labute approximate surface area is 250 Å². The first-order valence-corrected chi connectivity index (χ1v) is 14.8. The molecule has 0 aliphatic carbocycles. The van der Waals surface area contributed by atoms with Crippen LogP contribution in [0.2, 0.25) is 0 Å². The Balaban J connectivity index is 2.54. The number of anilines is 1. The van der Waals surface area contributed by atoms with E-state index in [0.717, 1.165) is 36.8 Å². The van der Waals surface area contributed by atoms with Crippen molar-refractivity contribution >= 4 is 29.5 Å². The van der Waals surface area contributed by atoms with Gasteiger partial charge in [0.1, 0.15) is 17.7 Å². The van der Waals surface area contributed by atoms with E-state index in [1.165, 1.54) is 4.90 Å². The second-order valence-corrected chi connectivity index (χ2v) is 11.8. The van der Waals surface area contributed by atoms with Crippen LogP contribution in [0.4, 0.5) is 10.5 Å². The molecule has 0 saturated heterocycles. The largest absolute Gasteiger partial charge is 0.444 e.